The Morgan fingerprint density at radius 1 is 1.10 bits per heavy atom. The van der Waals surface area contributed by atoms with E-state index in [9.17, 15) is 9.36 Å². The number of imidazole rings is 2. The van der Waals surface area contributed by atoms with Crippen molar-refractivity contribution in [3.8, 4) is 0 Å². The molecule has 5 N–H and O–H groups in total. The number of nitrogens with one attached hydrogen (secondary N) is 1. The lowest BCUT2D eigenvalue weighted by Crippen LogP contribution is -2.33. The Morgan fingerprint density at radius 2 is 1.90 bits per heavy atom. The minimum absolute atomic E-state index is 0.0185. The van der Waals surface area contributed by atoms with Gasteiger partial charge in [-0.05, 0) is 18.8 Å². The third kappa shape index (κ3) is 4.66. The number of rotatable bonds is 2. The largest absolute Gasteiger partial charge is 0.386 e. The highest BCUT2D eigenvalue weighted by molar-refractivity contribution is 8.44. The van der Waals surface area contributed by atoms with E-state index in [-0.39, 0.29) is 42.1 Å². The maximum Gasteiger partial charge on any atom is 0.386 e. The van der Waals surface area contributed by atoms with E-state index < -0.39 is 49.5 Å². The summed E-state index contributed by atoms with van der Waals surface area (Å²) in [7, 11) is 0. The Bertz CT molecular complexity index is 1740. The summed E-state index contributed by atoms with van der Waals surface area (Å²) in [5, 5.41) is 0. The van der Waals surface area contributed by atoms with E-state index in [0.717, 1.165) is 0 Å². The van der Waals surface area contributed by atoms with Crippen LogP contribution in [0, 0.1) is 5.92 Å². The van der Waals surface area contributed by atoms with Crippen LogP contribution in [0.15, 0.2) is 23.8 Å². The van der Waals surface area contributed by atoms with Crippen molar-refractivity contribution in [3.05, 3.63) is 29.3 Å². The summed E-state index contributed by atoms with van der Waals surface area (Å²) < 4.78 is 61.1. The average molecular weight is 611 g/mol. The van der Waals surface area contributed by atoms with Gasteiger partial charge in [-0.3, -0.25) is 28.0 Å². The second-order valence-electron chi connectivity index (χ2n) is 9.82. The van der Waals surface area contributed by atoms with Gasteiger partial charge in [-0.1, -0.05) is 12.2 Å². The fourth-order valence-corrected chi connectivity index (χ4v) is 6.85. The van der Waals surface area contributed by atoms with Crippen molar-refractivity contribution in [1.29, 1.82) is 0 Å². The van der Waals surface area contributed by atoms with Gasteiger partial charge in [0, 0.05) is 0 Å². The number of nitrogens with zero attached hydrogens (tertiary/aromatic N) is 7. The Labute approximate surface area is 234 Å². The smallest absolute Gasteiger partial charge is 0.382 e. The van der Waals surface area contributed by atoms with E-state index in [4.69, 9.17) is 34.7 Å². The summed E-state index contributed by atoms with van der Waals surface area (Å²) in [5.74, 6) is -0.0817. The first kappa shape index (κ1) is 26.7. The summed E-state index contributed by atoms with van der Waals surface area (Å²) in [6, 6.07) is 0. The van der Waals surface area contributed by atoms with E-state index in [1.165, 1.54) is 17.2 Å². The van der Waals surface area contributed by atoms with E-state index in [0.29, 0.717) is 24.0 Å². The van der Waals surface area contributed by atoms with Crippen molar-refractivity contribution in [2.75, 3.05) is 24.7 Å². The number of aromatic nitrogens is 8. The molecule has 3 fully saturated rings. The van der Waals surface area contributed by atoms with Gasteiger partial charge in [-0.25, -0.2) is 28.9 Å². The number of alkyl halides is 1. The van der Waals surface area contributed by atoms with Crippen molar-refractivity contribution < 1.29 is 32.2 Å². The van der Waals surface area contributed by atoms with E-state index in [1.54, 1.807) is 10.9 Å². The van der Waals surface area contributed by atoms with Gasteiger partial charge < -0.3 is 25.7 Å². The molecule has 2 bridgehead atoms. The van der Waals surface area contributed by atoms with Crippen LogP contribution in [0.3, 0.4) is 0 Å². The molecule has 2 unspecified atom stereocenters. The molecule has 0 radical (unpaired) electrons. The topological polar surface area (TPSA) is 222 Å². The van der Waals surface area contributed by atoms with E-state index in [2.05, 4.69) is 42.2 Å². The molecule has 4 aromatic heterocycles. The van der Waals surface area contributed by atoms with Crippen LogP contribution < -0.4 is 17.0 Å². The van der Waals surface area contributed by atoms with Gasteiger partial charge >= 0.3 is 6.80 Å². The van der Waals surface area contributed by atoms with Crippen LogP contribution in [0.4, 0.5) is 16.2 Å². The molecule has 0 saturated carbocycles. The number of nitrogen functional groups attached to an aromatic ring is 2. The normalized spacial score (nSPS) is 34.4. The molecular formula is C21H24FN10O7PS. The molecule has 218 valence electrons. The molecule has 3 saturated heterocycles. The van der Waals surface area contributed by atoms with Crippen LogP contribution in [0.25, 0.3) is 22.3 Å². The number of aromatic amines is 1. The second kappa shape index (κ2) is 9.97. The van der Waals surface area contributed by atoms with Gasteiger partial charge in [0.05, 0.1) is 32.0 Å². The standard InChI is InChI=1S/C21H24FN10O7PS/c22-11-14-19(32-7-28-13-17(32)29-21(24)30-18(13)33)38-20(11)35-2-1-8-3-10(37-9(8)4-36-40(34,41)39-14)31-6-27-12-15(23)25-5-26-16(12)31/h5-11,14,19-20H,1-4H2,(H,34,41)(H2,23,25,26)(H3,24,29,30,33)/t8-,9+,10+,11-,14+,19+,20?,40?/m0/s1. The van der Waals surface area contributed by atoms with Crippen molar-refractivity contribution >= 4 is 53.1 Å². The second-order valence-corrected chi connectivity index (χ2v) is 12.7. The maximum atomic E-state index is 15.7. The molecule has 0 aromatic carbocycles. The van der Waals surface area contributed by atoms with E-state index >= 15 is 4.39 Å². The summed E-state index contributed by atoms with van der Waals surface area (Å²) in [6.45, 7) is -4.23. The highest BCUT2D eigenvalue weighted by Crippen LogP contribution is 2.58. The molecule has 3 aliphatic heterocycles. The quantitative estimate of drug-likeness (QED) is 0.184. The number of hydrogen-bond donors (Lipinski definition) is 4. The van der Waals surface area contributed by atoms with Gasteiger partial charge in [0.15, 0.2) is 41.3 Å². The van der Waals surface area contributed by atoms with Crippen molar-refractivity contribution in [2.45, 2.75) is 50.0 Å². The third-order valence-corrected chi connectivity index (χ3v) is 8.95. The van der Waals surface area contributed by atoms with Gasteiger partial charge in [-0.15, -0.1) is 0 Å². The number of nitrogens with two attached hydrogens (primary N) is 2. The first-order chi connectivity index (χ1) is 19.7. The summed E-state index contributed by atoms with van der Waals surface area (Å²) in [5.41, 5.74) is 11.9. The Kier molecular flexibility index (Phi) is 6.49. The first-order valence-corrected chi connectivity index (χ1v) is 15.3. The van der Waals surface area contributed by atoms with Crippen LogP contribution in [0.2, 0.25) is 0 Å². The maximum absolute atomic E-state index is 15.7. The van der Waals surface area contributed by atoms with Crippen LogP contribution in [-0.2, 0) is 27.8 Å². The third-order valence-electron chi connectivity index (χ3n) is 7.34. The molecule has 8 atom stereocenters. The Morgan fingerprint density at radius 3 is 2.76 bits per heavy atom. The first-order valence-electron chi connectivity index (χ1n) is 12.6. The number of H-pyrrole nitrogens is 1. The zero-order valence-electron chi connectivity index (χ0n) is 21.0. The lowest BCUT2D eigenvalue weighted by Gasteiger charge is -2.26. The number of thiol groups is 1. The minimum Gasteiger partial charge on any atom is -0.382 e. The average Bonchev–Trinajstić information content (AvgIpc) is 3.69. The SMILES string of the molecule is Nc1nc2c(ncn2[C@@H]2OC3OCC[C@H]4C[C@H](n5cnc6c(N)ncnc65)O[C@@H]4COP(=O)(S)O[C@@H]2[C@@H]3F)c(=O)[nH]1. The molecule has 20 heteroatoms. The van der Waals surface area contributed by atoms with Crippen LogP contribution in [0.5, 0.6) is 0 Å². The van der Waals surface area contributed by atoms with Gasteiger partial charge in [0.25, 0.3) is 5.56 Å². The van der Waals surface area contributed by atoms with Crippen molar-refractivity contribution in [3.63, 3.8) is 0 Å². The van der Waals surface area contributed by atoms with Crippen molar-refractivity contribution in [2.24, 2.45) is 5.92 Å². The number of ether oxygens (including phenoxy) is 3. The molecule has 41 heavy (non-hydrogen) atoms. The summed E-state index contributed by atoms with van der Waals surface area (Å²) in [4.78, 5) is 35.2. The Balaban J connectivity index is 1.15. The summed E-state index contributed by atoms with van der Waals surface area (Å²) >= 11 is 4.10. The molecule has 7 rings (SSSR count). The predicted octanol–water partition coefficient (Wildman–Crippen LogP) is 1.08. The molecule has 3 aliphatic rings. The fraction of sp³-hybridized carbons (Fsp3) is 0.524. The molecule has 4 aromatic rings. The predicted molar refractivity (Wildman–Crippen MR) is 141 cm³/mol. The zero-order valence-corrected chi connectivity index (χ0v) is 22.8. The Hall–Kier alpha value is -3.19. The van der Waals surface area contributed by atoms with Crippen LogP contribution in [-0.4, -0.2) is 76.9 Å². The zero-order chi connectivity index (χ0) is 28.5. The monoisotopic (exact) mass is 610 g/mol. The van der Waals surface area contributed by atoms with Gasteiger partial charge in [-0.2, -0.15) is 4.98 Å². The van der Waals surface area contributed by atoms with E-state index in [1.807, 2.05) is 0 Å². The lowest BCUT2D eigenvalue weighted by molar-refractivity contribution is -0.168. The van der Waals surface area contributed by atoms with Crippen LogP contribution >= 0.6 is 19.0 Å². The highest BCUT2D eigenvalue weighted by atomic mass is 32.7. The summed E-state index contributed by atoms with van der Waals surface area (Å²) in [6.07, 6.45) is -2.03. The molecule has 0 spiro atoms. The molecule has 0 aliphatic carbocycles. The molecule has 7 heterocycles. The van der Waals surface area contributed by atoms with Crippen LogP contribution in [0.1, 0.15) is 25.3 Å². The molecular weight excluding hydrogens is 586 g/mol. The fourth-order valence-electron chi connectivity index (χ4n) is 5.40. The van der Waals surface area contributed by atoms with Gasteiger partial charge in [0.2, 0.25) is 5.95 Å². The highest BCUT2D eigenvalue weighted by Gasteiger charge is 2.52. The molecule has 17 nitrogen and oxygen atoms in total. The van der Waals surface area contributed by atoms with Gasteiger partial charge in [0.1, 0.15) is 24.2 Å². The number of fused-ring (bicyclic) bond motifs is 5. The number of halogens is 1. The van der Waals surface area contributed by atoms with Crippen molar-refractivity contribution in [1.82, 2.24) is 39.0 Å². The number of anilines is 2. The molecule has 0 amide bonds. The lowest BCUT2D eigenvalue weighted by atomic mass is 9.98. The number of hydrogen-bond acceptors (Lipinski definition) is 14. The minimum atomic E-state index is -4.18.